The first-order valence-electron chi connectivity index (χ1n) is 17.9. The quantitative estimate of drug-likeness (QED) is 0.116. The van der Waals surface area contributed by atoms with Gasteiger partial charge in [-0.3, -0.25) is 14.4 Å². The number of fused-ring (bicyclic) bond motifs is 1. The van der Waals surface area contributed by atoms with E-state index >= 15 is 0 Å². The number of aliphatic hydroxyl groups excluding tert-OH is 1. The summed E-state index contributed by atoms with van der Waals surface area (Å²) < 4.78 is 5.49. The van der Waals surface area contributed by atoms with E-state index in [2.05, 4.69) is 26.3 Å². The van der Waals surface area contributed by atoms with E-state index in [9.17, 15) is 24.3 Å². The number of benzene rings is 4. The van der Waals surface area contributed by atoms with Gasteiger partial charge in [0.2, 0.25) is 18.0 Å². The first kappa shape index (κ1) is 39.7. The van der Waals surface area contributed by atoms with Gasteiger partial charge in [-0.2, -0.15) is 0 Å². The third-order valence-electron chi connectivity index (χ3n) is 8.77. The lowest BCUT2D eigenvalue weighted by atomic mass is 9.88. The molecule has 4 aromatic carbocycles. The molecule has 11 nitrogen and oxygen atoms in total. The smallest absolute Gasteiger partial charge is 0.407 e. The highest BCUT2D eigenvalue weighted by molar-refractivity contribution is 6.32. The van der Waals surface area contributed by atoms with E-state index in [4.69, 9.17) is 16.3 Å². The van der Waals surface area contributed by atoms with Crippen LogP contribution in [0.1, 0.15) is 56.4 Å². The molecule has 0 radical (unpaired) electrons. The summed E-state index contributed by atoms with van der Waals surface area (Å²) in [5.41, 5.74) is 3.21. The van der Waals surface area contributed by atoms with Crippen LogP contribution in [0.25, 0.3) is 0 Å². The summed E-state index contributed by atoms with van der Waals surface area (Å²) in [5.74, 6) is -2.50. The minimum atomic E-state index is -1.32. The van der Waals surface area contributed by atoms with E-state index in [1.54, 1.807) is 39.0 Å². The molecule has 4 aromatic rings. The zero-order valence-electron chi connectivity index (χ0n) is 30.7. The molecule has 1 heterocycles. The van der Waals surface area contributed by atoms with Crippen LogP contribution in [-0.2, 0) is 32.0 Å². The van der Waals surface area contributed by atoms with Gasteiger partial charge >= 0.3 is 6.09 Å². The van der Waals surface area contributed by atoms with Crippen LogP contribution in [0.15, 0.2) is 114 Å². The Morgan fingerprint density at radius 1 is 0.852 bits per heavy atom. The summed E-state index contributed by atoms with van der Waals surface area (Å²) in [6.07, 6.45) is -2.69. The number of hydrogen-bond donors (Lipinski definition) is 5. The monoisotopic (exact) mass is 751 g/mol. The lowest BCUT2D eigenvalue weighted by molar-refractivity contribution is -0.132. The molecular formula is C42H46ClN5O6. The molecule has 5 N–H and O–H groups in total. The highest BCUT2D eigenvalue weighted by Gasteiger charge is 2.33. The fourth-order valence-electron chi connectivity index (χ4n) is 6.11. The Morgan fingerprint density at radius 2 is 1.44 bits per heavy atom. The van der Waals surface area contributed by atoms with Crippen molar-refractivity contribution in [3.05, 3.63) is 136 Å². The number of amides is 4. The second-order valence-corrected chi connectivity index (χ2v) is 14.7. The third-order valence-corrected chi connectivity index (χ3v) is 9.00. The number of carbonyl (C=O) groups is 4. The second-order valence-electron chi connectivity index (χ2n) is 14.3. The van der Waals surface area contributed by atoms with Crippen molar-refractivity contribution in [2.45, 2.75) is 76.9 Å². The van der Waals surface area contributed by atoms with Crippen LogP contribution in [0.2, 0.25) is 5.02 Å². The minimum absolute atomic E-state index is 0.0427. The molecule has 54 heavy (non-hydrogen) atoms. The molecule has 1 aliphatic rings. The van der Waals surface area contributed by atoms with Crippen LogP contribution in [0.5, 0.6) is 0 Å². The summed E-state index contributed by atoms with van der Waals surface area (Å²) in [5, 5.41) is 23.2. The number of anilines is 1. The van der Waals surface area contributed by atoms with Crippen LogP contribution >= 0.6 is 11.6 Å². The van der Waals surface area contributed by atoms with E-state index in [0.29, 0.717) is 27.5 Å². The Labute approximate surface area is 320 Å². The molecule has 0 fully saturated rings. The van der Waals surface area contributed by atoms with Crippen LogP contribution < -0.4 is 21.3 Å². The van der Waals surface area contributed by atoms with E-state index in [1.165, 1.54) is 6.92 Å². The van der Waals surface area contributed by atoms with Crippen molar-refractivity contribution in [3.63, 3.8) is 0 Å². The zero-order chi connectivity index (χ0) is 38.8. The number of hydrogen-bond acceptors (Lipinski definition) is 7. The Balaban J connectivity index is 1.34. The van der Waals surface area contributed by atoms with E-state index in [0.717, 1.165) is 11.1 Å². The normalized spacial score (nSPS) is 16.2. The average Bonchev–Trinajstić information content (AvgIpc) is 3.26. The molecule has 282 valence electrons. The van der Waals surface area contributed by atoms with Crippen molar-refractivity contribution < 1.29 is 29.0 Å². The molecule has 0 saturated carbocycles. The Hall–Kier alpha value is -5.52. The summed E-state index contributed by atoms with van der Waals surface area (Å²) in [4.78, 5) is 58.5. The number of nitrogens with one attached hydrogen (secondary N) is 4. The summed E-state index contributed by atoms with van der Waals surface area (Å²) in [7, 11) is 0. The topological polar surface area (TPSA) is 158 Å². The Morgan fingerprint density at radius 3 is 2.06 bits per heavy atom. The maximum atomic E-state index is 14.0. The molecule has 0 spiro atoms. The highest BCUT2D eigenvalue weighted by Crippen LogP contribution is 2.27. The molecule has 0 saturated heterocycles. The lowest BCUT2D eigenvalue weighted by Gasteiger charge is -2.29. The van der Waals surface area contributed by atoms with Gasteiger partial charge in [-0.15, -0.1) is 0 Å². The van der Waals surface area contributed by atoms with Crippen molar-refractivity contribution >= 4 is 46.8 Å². The molecule has 0 bridgehead atoms. The van der Waals surface area contributed by atoms with Crippen molar-refractivity contribution in [2.75, 3.05) is 5.32 Å². The van der Waals surface area contributed by atoms with Gasteiger partial charge in [-0.1, -0.05) is 103 Å². The molecule has 4 amide bonds. The molecule has 1 aliphatic heterocycles. The number of benzodiazepines with no additional fused rings is 1. The van der Waals surface area contributed by atoms with E-state index < -0.39 is 59.7 Å². The first-order chi connectivity index (χ1) is 25.8. The fraction of sp³-hybridized carbons (Fsp3) is 0.310. The molecular weight excluding hydrogens is 706 g/mol. The van der Waals surface area contributed by atoms with Gasteiger partial charge < -0.3 is 31.1 Å². The van der Waals surface area contributed by atoms with E-state index in [-0.39, 0.29) is 19.3 Å². The number of halogens is 1. The summed E-state index contributed by atoms with van der Waals surface area (Å²) in [6.45, 7) is 6.76. The average molecular weight is 752 g/mol. The zero-order valence-corrected chi connectivity index (χ0v) is 31.5. The Kier molecular flexibility index (Phi) is 13.2. The number of alkyl carbamates (subject to hydrolysis) is 1. The van der Waals surface area contributed by atoms with E-state index in [1.807, 2.05) is 91.0 Å². The number of carbonyl (C=O) groups excluding carboxylic acids is 4. The minimum Gasteiger partial charge on any atom is -0.444 e. The van der Waals surface area contributed by atoms with Gasteiger partial charge in [-0.25, -0.2) is 9.79 Å². The predicted molar refractivity (Wildman–Crippen MR) is 209 cm³/mol. The fourth-order valence-corrected chi connectivity index (χ4v) is 6.28. The molecule has 0 aromatic heterocycles. The van der Waals surface area contributed by atoms with Crippen molar-refractivity contribution in [1.29, 1.82) is 0 Å². The third kappa shape index (κ3) is 11.2. The van der Waals surface area contributed by atoms with Crippen molar-refractivity contribution in [3.8, 4) is 0 Å². The van der Waals surface area contributed by atoms with Crippen LogP contribution in [0.3, 0.4) is 0 Å². The van der Waals surface area contributed by atoms with Crippen molar-refractivity contribution in [1.82, 2.24) is 16.0 Å². The van der Waals surface area contributed by atoms with Gasteiger partial charge in [0.05, 0.1) is 23.5 Å². The number of rotatable bonds is 13. The Bertz CT molecular complexity index is 1950. The largest absolute Gasteiger partial charge is 0.444 e. The van der Waals surface area contributed by atoms with Gasteiger partial charge in [-0.05, 0) is 76.3 Å². The first-order valence-corrected chi connectivity index (χ1v) is 18.2. The SMILES string of the molecule is C[C@H](NC(=O)[C@H](Cc1ccccc1)C[C@@H](O)[C@H](Cc1ccccc1)NC(=O)OC(C)(C)C)C(=O)NC1N=C(c2ccccc2)c2cc(Cl)ccc2NC1=O. The number of aliphatic hydroxyl groups is 1. The summed E-state index contributed by atoms with van der Waals surface area (Å²) in [6, 6.07) is 31.1. The molecule has 5 rings (SSSR count). The van der Waals surface area contributed by atoms with Gasteiger partial charge in [0.25, 0.3) is 5.91 Å². The standard InChI is InChI=1S/C42H46ClN5O6/c1-26(38(50)48-37-40(52)45-33-21-20-31(43)25-32(33)36(47-37)29-18-12-7-13-19-29)44-39(51)30(22-27-14-8-5-9-15-27)24-35(49)34(23-28-16-10-6-11-17-28)46-41(53)54-42(2,3)4/h5-21,25-26,30,34-35,37,49H,22-24H2,1-4H3,(H,44,51)(H,45,52)(H,46,53)(H,48,50)/t26-,30+,34-,35+,37?/m0/s1. The lowest BCUT2D eigenvalue weighted by Crippen LogP contribution is -2.52. The molecule has 0 aliphatic carbocycles. The number of nitrogens with zero attached hydrogens (tertiary/aromatic N) is 1. The number of ether oxygens (including phenoxy) is 1. The van der Waals surface area contributed by atoms with Gasteiger partial charge in [0.1, 0.15) is 11.6 Å². The highest BCUT2D eigenvalue weighted by atomic mass is 35.5. The van der Waals surface area contributed by atoms with Crippen molar-refractivity contribution in [2.24, 2.45) is 10.9 Å². The predicted octanol–water partition coefficient (Wildman–Crippen LogP) is 5.82. The van der Waals surface area contributed by atoms with Gasteiger partial charge in [0.15, 0.2) is 0 Å². The van der Waals surface area contributed by atoms with Gasteiger partial charge in [0, 0.05) is 22.1 Å². The molecule has 1 unspecified atom stereocenters. The molecule has 5 atom stereocenters. The van der Waals surface area contributed by atoms with Crippen LogP contribution in [0.4, 0.5) is 10.5 Å². The maximum absolute atomic E-state index is 14.0. The van der Waals surface area contributed by atoms with Crippen LogP contribution in [0, 0.1) is 5.92 Å². The van der Waals surface area contributed by atoms with Crippen LogP contribution in [-0.4, -0.2) is 64.6 Å². The second kappa shape index (κ2) is 18.0. The maximum Gasteiger partial charge on any atom is 0.407 e. The number of aliphatic imine (C=N–C) groups is 1. The molecule has 12 heteroatoms. The summed E-state index contributed by atoms with van der Waals surface area (Å²) >= 11 is 6.32.